The largest absolute Gasteiger partial charge is 0.497 e. The number of aliphatic hydroxyl groups is 1. The molecule has 1 aromatic rings. The fourth-order valence-electron chi connectivity index (χ4n) is 1.70. The van der Waals surface area contributed by atoms with Crippen LogP contribution in [0.3, 0.4) is 0 Å². The summed E-state index contributed by atoms with van der Waals surface area (Å²) in [5.41, 5.74) is 6.91. The van der Waals surface area contributed by atoms with Crippen LogP contribution >= 0.6 is 12.4 Å². The van der Waals surface area contributed by atoms with Crippen LogP contribution in [0.15, 0.2) is 24.3 Å². The van der Waals surface area contributed by atoms with Gasteiger partial charge in [0.1, 0.15) is 5.75 Å². The predicted octanol–water partition coefficient (Wildman–Crippen LogP) is 2.52. The molecule has 0 saturated heterocycles. The Bertz CT molecular complexity index is 331. The van der Waals surface area contributed by atoms with Gasteiger partial charge in [0.15, 0.2) is 0 Å². The van der Waals surface area contributed by atoms with Crippen molar-refractivity contribution >= 4 is 12.4 Å². The molecule has 4 heteroatoms. The number of hydrogen-bond donors (Lipinski definition) is 2. The maximum atomic E-state index is 9.94. The van der Waals surface area contributed by atoms with Gasteiger partial charge in [-0.2, -0.15) is 0 Å². The minimum Gasteiger partial charge on any atom is -0.497 e. The number of methoxy groups -OCH3 is 1. The van der Waals surface area contributed by atoms with E-state index >= 15 is 0 Å². The lowest BCUT2D eigenvalue weighted by Crippen LogP contribution is -2.27. The zero-order valence-electron chi connectivity index (χ0n) is 10.6. The van der Waals surface area contributed by atoms with Crippen molar-refractivity contribution in [2.75, 3.05) is 7.11 Å². The lowest BCUT2D eigenvalue weighted by atomic mass is 9.95. The van der Waals surface area contributed by atoms with Gasteiger partial charge in [0.25, 0.3) is 0 Å². The van der Waals surface area contributed by atoms with Crippen LogP contribution in [0.2, 0.25) is 0 Å². The molecule has 0 aliphatic carbocycles. The molecule has 98 valence electrons. The number of rotatable bonds is 5. The van der Waals surface area contributed by atoms with Crippen molar-refractivity contribution < 1.29 is 9.84 Å². The first kappa shape index (κ1) is 16.2. The van der Waals surface area contributed by atoms with E-state index in [0.717, 1.165) is 11.3 Å². The Labute approximate surface area is 109 Å². The van der Waals surface area contributed by atoms with Gasteiger partial charge < -0.3 is 15.6 Å². The van der Waals surface area contributed by atoms with Crippen LogP contribution in [-0.4, -0.2) is 18.3 Å². The summed E-state index contributed by atoms with van der Waals surface area (Å²) in [5.74, 6) is 1.20. The van der Waals surface area contributed by atoms with E-state index in [1.807, 2.05) is 24.3 Å². The maximum absolute atomic E-state index is 9.94. The average Bonchev–Trinajstić information content (AvgIpc) is 2.27. The highest BCUT2D eigenvalue weighted by atomic mass is 35.5. The average molecular weight is 260 g/mol. The zero-order chi connectivity index (χ0) is 12.1. The number of aliphatic hydroxyl groups excluding tert-OH is 1. The number of benzene rings is 1. The van der Waals surface area contributed by atoms with Crippen LogP contribution in [-0.2, 0) is 0 Å². The number of ether oxygens (including phenoxy) is 1. The molecule has 2 atom stereocenters. The van der Waals surface area contributed by atoms with E-state index in [1.165, 1.54) is 0 Å². The van der Waals surface area contributed by atoms with Crippen LogP contribution in [0.25, 0.3) is 0 Å². The van der Waals surface area contributed by atoms with Crippen LogP contribution in [0.4, 0.5) is 0 Å². The van der Waals surface area contributed by atoms with E-state index in [1.54, 1.807) is 7.11 Å². The van der Waals surface area contributed by atoms with E-state index in [4.69, 9.17) is 10.5 Å². The molecule has 1 rings (SSSR count). The van der Waals surface area contributed by atoms with Gasteiger partial charge in [0, 0.05) is 0 Å². The normalized spacial score (nSPS) is 14.0. The molecule has 1 aromatic carbocycles. The minimum absolute atomic E-state index is 0. The standard InChI is InChI=1S/C13H21NO2.ClH/c1-9(2)7-12(15)13(14)10-5-4-6-11(8-10)16-3;/h4-6,8-9,12-13,15H,7,14H2,1-3H3;1H/t12-,13+;/m0./s1. The van der Waals surface area contributed by atoms with Crippen molar-refractivity contribution in [3.8, 4) is 5.75 Å². The summed E-state index contributed by atoms with van der Waals surface area (Å²) < 4.78 is 5.13. The Morgan fingerprint density at radius 1 is 1.35 bits per heavy atom. The fourth-order valence-corrected chi connectivity index (χ4v) is 1.70. The molecule has 0 heterocycles. The lowest BCUT2D eigenvalue weighted by Gasteiger charge is -2.21. The smallest absolute Gasteiger partial charge is 0.119 e. The molecule has 0 radical (unpaired) electrons. The third kappa shape index (κ3) is 4.94. The molecule has 0 spiro atoms. The fraction of sp³-hybridized carbons (Fsp3) is 0.538. The molecule has 0 saturated carbocycles. The van der Waals surface area contributed by atoms with E-state index in [9.17, 15) is 5.11 Å². The van der Waals surface area contributed by atoms with E-state index in [-0.39, 0.29) is 18.4 Å². The van der Waals surface area contributed by atoms with Gasteiger partial charge in [-0.25, -0.2) is 0 Å². The Morgan fingerprint density at radius 2 is 2.00 bits per heavy atom. The summed E-state index contributed by atoms with van der Waals surface area (Å²) in [4.78, 5) is 0. The Balaban J connectivity index is 0.00000256. The van der Waals surface area contributed by atoms with Crippen LogP contribution < -0.4 is 10.5 Å². The van der Waals surface area contributed by atoms with Crippen molar-refractivity contribution in [1.29, 1.82) is 0 Å². The van der Waals surface area contributed by atoms with Crippen LogP contribution in [0.1, 0.15) is 31.9 Å². The summed E-state index contributed by atoms with van der Waals surface area (Å²) >= 11 is 0. The molecule has 0 amide bonds. The SMILES string of the molecule is COc1cccc([C@@H](N)[C@@H](O)CC(C)C)c1.Cl. The molecule has 0 fully saturated rings. The molecular weight excluding hydrogens is 238 g/mol. The quantitative estimate of drug-likeness (QED) is 0.854. The highest BCUT2D eigenvalue weighted by molar-refractivity contribution is 5.85. The Kier molecular flexibility index (Phi) is 7.19. The third-order valence-corrected chi connectivity index (χ3v) is 2.61. The molecule has 0 aliphatic rings. The summed E-state index contributed by atoms with van der Waals surface area (Å²) in [6.07, 6.45) is 0.199. The summed E-state index contributed by atoms with van der Waals surface area (Å²) in [6, 6.07) is 7.18. The van der Waals surface area contributed by atoms with Crippen molar-refractivity contribution in [2.45, 2.75) is 32.4 Å². The first-order valence-electron chi connectivity index (χ1n) is 5.62. The Morgan fingerprint density at radius 3 is 2.53 bits per heavy atom. The Hall–Kier alpha value is -0.770. The monoisotopic (exact) mass is 259 g/mol. The van der Waals surface area contributed by atoms with Gasteiger partial charge in [0.2, 0.25) is 0 Å². The van der Waals surface area contributed by atoms with E-state index in [0.29, 0.717) is 12.3 Å². The maximum Gasteiger partial charge on any atom is 0.119 e. The van der Waals surface area contributed by atoms with Crippen LogP contribution in [0, 0.1) is 5.92 Å². The molecule has 3 nitrogen and oxygen atoms in total. The zero-order valence-corrected chi connectivity index (χ0v) is 11.4. The van der Waals surface area contributed by atoms with E-state index in [2.05, 4.69) is 13.8 Å². The van der Waals surface area contributed by atoms with Crippen molar-refractivity contribution in [1.82, 2.24) is 0 Å². The second-order valence-electron chi connectivity index (χ2n) is 4.50. The number of hydrogen-bond acceptors (Lipinski definition) is 3. The second-order valence-corrected chi connectivity index (χ2v) is 4.50. The second kappa shape index (κ2) is 7.54. The molecular formula is C13H22ClNO2. The molecule has 0 unspecified atom stereocenters. The van der Waals surface area contributed by atoms with Gasteiger partial charge in [0.05, 0.1) is 19.3 Å². The predicted molar refractivity (Wildman–Crippen MR) is 72.6 cm³/mol. The highest BCUT2D eigenvalue weighted by Crippen LogP contribution is 2.22. The summed E-state index contributed by atoms with van der Waals surface area (Å²) in [5, 5.41) is 9.94. The minimum atomic E-state index is -0.507. The number of nitrogens with two attached hydrogens (primary N) is 1. The summed E-state index contributed by atoms with van der Waals surface area (Å²) in [6.45, 7) is 4.14. The van der Waals surface area contributed by atoms with Crippen LogP contribution in [0.5, 0.6) is 5.75 Å². The van der Waals surface area contributed by atoms with Gasteiger partial charge in [-0.15, -0.1) is 12.4 Å². The van der Waals surface area contributed by atoms with Crippen molar-refractivity contribution in [2.24, 2.45) is 11.7 Å². The molecule has 0 aromatic heterocycles. The molecule has 3 N–H and O–H groups in total. The third-order valence-electron chi connectivity index (χ3n) is 2.61. The van der Waals surface area contributed by atoms with Gasteiger partial charge >= 0.3 is 0 Å². The molecule has 0 bridgehead atoms. The first-order valence-corrected chi connectivity index (χ1v) is 5.62. The lowest BCUT2D eigenvalue weighted by molar-refractivity contribution is 0.121. The van der Waals surface area contributed by atoms with Gasteiger partial charge in [-0.1, -0.05) is 26.0 Å². The first-order chi connectivity index (χ1) is 7.54. The highest BCUT2D eigenvalue weighted by Gasteiger charge is 2.18. The van der Waals surface area contributed by atoms with E-state index < -0.39 is 6.10 Å². The molecule has 17 heavy (non-hydrogen) atoms. The number of halogens is 1. The van der Waals surface area contributed by atoms with Gasteiger partial charge in [-0.3, -0.25) is 0 Å². The van der Waals surface area contributed by atoms with Crippen molar-refractivity contribution in [3.63, 3.8) is 0 Å². The summed E-state index contributed by atoms with van der Waals surface area (Å²) in [7, 11) is 1.62. The van der Waals surface area contributed by atoms with Gasteiger partial charge in [-0.05, 0) is 30.0 Å². The topological polar surface area (TPSA) is 55.5 Å². The molecule has 0 aliphatic heterocycles. The van der Waals surface area contributed by atoms with Crippen molar-refractivity contribution in [3.05, 3.63) is 29.8 Å².